The van der Waals surface area contributed by atoms with Crippen molar-refractivity contribution in [2.75, 3.05) is 0 Å². The average molecular weight is 349 g/mol. The zero-order valence-electron chi connectivity index (χ0n) is 14.8. The summed E-state index contributed by atoms with van der Waals surface area (Å²) < 4.78 is 8.04. The molecule has 1 fully saturated rings. The maximum absolute atomic E-state index is 5.59. The van der Waals surface area contributed by atoms with Crippen LogP contribution in [0.1, 0.15) is 67.8 Å². The van der Waals surface area contributed by atoms with Gasteiger partial charge in [-0.15, -0.1) is 0 Å². The zero-order chi connectivity index (χ0) is 17.3. The smallest absolute Gasteiger partial charge is 0.230 e. The highest BCUT2D eigenvalue weighted by atomic mass is 16.5. The minimum absolute atomic E-state index is 0.279. The fourth-order valence-corrected chi connectivity index (χ4v) is 4.40. The van der Waals surface area contributed by atoms with Gasteiger partial charge >= 0.3 is 0 Å². The number of nitrogens with zero attached hydrogens (tertiary/aromatic N) is 5. The summed E-state index contributed by atoms with van der Waals surface area (Å²) >= 11 is 0. The molecule has 0 aromatic carbocycles. The molecule has 2 aliphatic rings. The Morgan fingerprint density at radius 3 is 2.69 bits per heavy atom. The Labute approximate surface area is 152 Å². The van der Waals surface area contributed by atoms with Gasteiger partial charge in [-0.05, 0) is 31.4 Å². The van der Waals surface area contributed by atoms with Crippen LogP contribution < -0.4 is 0 Å². The first-order valence-corrected chi connectivity index (χ1v) is 9.67. The van der Waals surface area contributed by atoms with Gasteiger partial charge in [-0.25, -0.2) is 4.98 Å². The minimum Gasteiger partial charge on any atom is -0.339 e. The van der Waals surface area contributed by atoms with Crippen LogP contribution in [0.4, 0.5) is 0 Å². The van der Waals surface area contributed by atoms with Crippen molar-refractivity contribution in [2.24, 2.45) is 0 Å². The first-order valence-electron chi connectivity index (χ1n) is 9.67. The normalized spacial score (nSPS) is 20.8. The third kappa shape index (κ3) is 2.83. The van der Waals surface area contributed by atoms with Crippen LogP contribution in [0.2, 0.25) is 0 Å². The van der Waals surface area contributed by atoms with Gasteiger partial charge in [-0.2, -0.15) is 4.98 Å². The second-order valence-electron chi connectivity index (χ2n) is 7.48. The van der Waals surface area contributed by atoms with Gasteiger partial charge in [0.15, 0.2) is 0 Å². The molecule has 1 aliphatic carbocycles. The Hall–Kier alpha value is -2.50. The molecule has 6 nitrogen and oxygen atoms in total. The van der Waals surface area contributed by atoms with Crippen molar-refractivity contribution in [2.45, 2.75) is 63.3 Å². The molecule has 0 saturated heterocycles. The van der Waals surface area contributed by atoms with E-state index < -0.39 is 0 Å². The third-order valence-electron chi connectivity index (χ3n) is 5.83. The van der Waals surface area contributed by atoms with E-state index in [0.717, 1.165) is 30.8 Å². The van der Waals surface area contributed by atoms with Gasteiger partial charge in [0.05, 0.1) is 0 Å². The molecule has 0 N–H and O–H groups in total. The molecule has 26 heavy (non-hydrogen) atoms. The first-order chi connectivity index (χ1) is 12.9. The van der Waals surface area contributed by atoms with Crippen LogP contribution in [0.25, 0.3) is 11.4 Å². The van der Waals surface area contributed by atoms with E-state index in [1.165, 1.54) is 43.6 Å². The van der Waals surface area contributed by atoms with Crippen LogP contribution in [-0.4, -0.2) is 24.7 Å². The van der Waals surface area contributed by atoms with Gasteiger partial charge in [0.1, 0.15) is 5.82 Å². The summed E-state index contributed by atoms with van der Waals surface area (Å²) in [6, 6.07) is 3.81. The molecule has 134 valence electrons. The second-order valence-corrected chi connectivity index (χ2v) is 7.48. The summed E-state index contributed by atoms with van der Waals surface area (Å²) in [4.78, 5) is 13.5. The quantitative estimate of drug-likeness (QED) is 0.712. The fourth-order valence-electron chi connectivity index (χ4n) is 4.40. The lowest BCUT2D eigenvalue weighted by Gasteiger charge is -2.26. The lowest BCUT2D eigenvalue weighted by atomic mass is 9.88. The highest BCUT2D eigenvalue weighted by Gasteiger charge is 2.29. The van der Waals surface area contributed by atoms with E-state index in [-0.39, 0.29) is 5.92 Å². The average Bonchev–Trinajstić information content (AvgIpc) is 3.36. The van der Waals surface area contributed by atoms with Crippen LogP contribution in [0, 0.1) is 0 Å². The Morgan fingerprint density at radius 1 is 1.00 bits per heavy atom. The lowest BCUT2D eigenvalue weighted by Crippen LogP contribution is -2.21. The molecule has 5 rings (SSSR count). The second kappa shape index (κ2) is 6.67. The summed E-state index contributed by atoms with van der Waals surface area (Å²) in [6.07, 6.45) is 14.2. The number of rotatable bonds is 3. The fraction of sp³-hybridized carbons (Fsp3) is 0.500. The van der Waals surface area contributed by atoms with Gasteiger partial charge in [0, 0.05) is 54.6 Å². The standard InChI is InChI=1S/C20H23N5O/c1-2-4-15(5-3-1)19-22-13-17-12-16(8-11-25(17)19)20-23-18(24-26-20)14-6-9-21-10-7-14/h6-7,9-10,13,15-16H,1-5,8,11-12H2/t16-/m1/s1. The number of hydrogen-bond acceptors (Lipinski definition) is 5. The maximum Gasteiger partial charge on any atom is 0.230 e. The molecule has 0 spiro atoms. The number of imidazole rings is 1. The monoisotopic (exact) mass is 349 g/mol. The molecule has 3 aromatic rings. The van der Waals surface area contributed by atoms with E-state index in [0.29, 0.717) is 11.7 Å². The molecular formula is C20H23N5O. The lowest BCUT2D eigenvalue weighted by molar-refractivity contribution is 0.320. The van der Waals surface area contributed by atoms with Gasteiger partial charge < -0.3 is 9.09 Å². The Balaban J connectivity index is 1.35. The SMILES string of the molecule is c1cc(-c2noc([C@@H]3CCn4c(cnc4C4CCCCC4)C3)n2)ccn1. The molecule has 0 radical (unpaired) electrons. The largest absolute Gasteiger partial charge is 0.339 e. The highest BCUT2D eigenvalue weighted by Crippen LogP contribution is 2.36. The van der Waals surface area contributed by atoms with Crippen molar-refractivity contribution in [3.05, 3.63) is 48.1 Å². The van der Waals surface area contributed by atoms with Crippen molar-refractivity contribution in [3.63, 3.8) is 0 Å². The number of pyridine rings is 1. The van der Waals surface area contributed by atoms with E-state index in [9.17, 15) is 0 Å². The Kier molecular flexibility index (Phi) is 4.03. The summed E-state index contributed by atoms with van der Waals surface area (Å²) in [7, 11) is 0. The molecule has 0 unspecified atom stereocenters. The van der Waals surface area contributed by atoms with Crippen LogP contribution >= 0.6 is 0 Å². The maximum atomic E-state index is 5.59. The van der Waals surface area contributed by atoms with Crippen molar-refractivity contribution >= 4 is 0 Å². The van der Waals surface area contributed by atoms with E-state index in [1.54, 1.807) is 12.4 Å². The molecule has 3 aromatic heterocycles. The summed E-state index contributed by atoms with van der Waals surface area (Å²) in [5.41, 5.74) is 2.25. The van der Waals surface area contributed by atoms with Gasteiger partial charge in [-0.3, -0.25) is 4.98 Å². The van der Waals surface area contributed by atoms with Crippen LogP contribution in [0.15, 0.2) is 35.2 Å². The summed E-state index contributed by atoms with van der Waals surface area (Å²) in [5, 5.41) is 4.16. The third-order valence-corrected chi connectivity index (χ3v) is 5.83. The van der Waals surface area contributed by atoms with Gasteiger partial charge in [-0.1, -0.05) is 24.4 Å². The minimum atomic E-state index is 0.279. The van der Waals surface area contributed by atoms with Crippen molar-refractivity contribution < 1.29 is 4.52 Å². The van der Waals surface area contributed by atoms with E-state index in [1.807, 2.05) is 12.1 Å². The van der Waals surface area contributed by atoms with Crippen molar-refractivity contribution in [1.29, 1.82) is 0 Å². The topological polar surface area (TPSA) is 69.6 Å². The van der Waals surface area contributed by atoms with Crippen molar-refractivity contribution in [3.8, 4) is 11.4 Å². The van der Waals surface area contributed by atoms with E-state index in [2.05, 4.69) is 25.9 Å². The Morgan fingerprint density at radius 2 is 1.85 bits per heavy atom. The number of hydrogen-bond donors (Lipinski definition) is 0. The highest BCUT2D eigenvalue weighted by molar-refractivity contribution is 5.52. The van der Waals surface area contributed by atoms with Gasteiger partial charge in [0.2, 0.25) is 11.7 Å². The molecule has 4 heterocycles. The van der Waals surface area contributed by atoms with Crippen LogP contribution in [-0.2, 0) is 13.0 Å². The molecule has 1 saturated carbocycles. The van der Waals surface area contributed by atoms with Crippen molar-refractivity contribution in [1.82, 2.24) is 24.7 Å². The molecule has 0 bridgehead atoms. The molecule has 6 heteroatoms. The predicted molar refractivity (Wildman–Crippen MR) is 96.6 cm³/mol. The molecule has 0 amide bonds. The Bertz CT molecular complexity index is 879. The first kappa shape index (κ1) is 15.7. The zero-order valence-corrected chi connectivity index (χ0v) is 14.8. The van der Waals surface area contributed by atoms with Crippen LogP contribution in [0.5, 0.6) is 0 Å². The summed E-state index contributed by atoms with van der Waals surface area (Å²) in [6.45, 7) is 0.999. The van der Waals surface area contributed by atoms with Crippen LogP contribution in [0.3, 0.4) is 0 Å². The number of aromatic nitrogens is 5. The predicted octanol–water partition coefficient (Wildman–Crippen LogP) is 4.11. The number of fused-ring (bicyclic) bond motifs is 1. The molecule has 1 aliphatic heterocycles. The van der Waals surface area contributed by atoms with E-state index in [4.69, 9.17) is 9.51 Å². The molecular weight excluding hydrogens is 326 g/mol. The molecule has 1 atom stereocenters. The van der Waals surface area contributed by atoms with E-state index >= 15 is 0 Å². The summed E-state index contributed by atoms with van der Waals surface area (Å²) in [5.74, 6) is 3.62. The van der Waals surface area contributed by atoms with Gasteiger partial charge in [0.25, 0.3) is 0 Å².